The standard InChI is InChI=1S/C20H19N3O3/c1-21-18-13-16(9-10-19(18)23(25)26)20(24)22-12-11-15-7-4-6-14-5-2-3-8-17(14)15/h2-10,13,21H,11-12H2,1H3,(H,22,24). The third-order valence-corrected chi connectivity index (χ3v) is 4.28. The molecule has 0 saturated heterocycles. The van der Waals surface area contributed by atoms with Crippen LogP contribution in [0, 0.1) is 10.1 Å². The summed E-state index contributed by atoms with van der Waals surface area (Å²) in [5, 5.41) is 18.9. The molecule has 3 rings (SSSR count). The molecule has 1 amide bonds. The van der Waals surface area contributed by atoms with Crippen molar-refractivity contribution in [3.63, 3.8) is 0 Å². The Bertz CT molecular complexity index is 964. The molecule has 0 bridgehead atoms. The van der Waals surface area contributed by atoms with Gasteiger partial charge in [0.15, 0.2) is 0 Å². The molecular formula is C20H19N3O3. The van der Waals surface area contributed by atoms with Gasteiger partial charge in [-0.25, -0.2) is 0 Å². The van der Waals surface area contributed by atoms with Crippen molar-refractivity contribution in [3.8, 4) is 0 Å². The lowest BCUT2D eigenvalue weighted by Crippen LogP contribution is -2.25. The first-order chi connectivity index (χ1) is 12.6. The van der Waals surface area contributed by atoms with Gasteiger partial charge in [0.25, 0.3) is 11.6 Å². The van der Waals surface area contributed by atoms with Gasteiger partial charge in [0.05, 0.1) is 4.92 Å². The van der Waals surface area contributed by atoms with E-state index in [1.54, 1.807) is 7.05 Å². The Balaban J connectivity index is 1.68. The summed E-state index contributed by atoms with van der Waals surface area (Å²) in [5.74, 6) is -0.253. The summed E-state index contributed by atoms with van der Waals surface area (Å²) in [4.78, 5) is 22.8. The van der Waals surface area contributed by atoms with Crippen molar-refractivity contribution in [2.24, 2.45) is 0 Å². The first-order valence-corrected chi connectivity index (χ1v) is 8.31. The topological polar surface area (TPSA) is 84.3 Å². The molecular weight excluding hydrogens is 330 g/mol. The summed E-state index contributed by atoms with van der Waals surface area (Å²) in [6.07, 6.45) is 0.707. The average Bonchev–Trinajstić information content (AvgIpc) is 2.67. The Morgan fingerprint density at radius 1 is 1.08 bits per heavy atom. The van der Waals surface area contributed by atoms with Crippen LogP contribution in [0.1, 0.15) is 15.9 Å². The molecule has 0 aliphatic heterocycles. The fourth-order valence-corrected chi connectivity index (χ4v) is 2.96. The third-order valence-electron chi connectivity index (χ3n) is 4.28. The first-order valence-electron chi connectivity index (χ1n) is 8.31. The van der Waals surface area contributed by atoms with Crippen LogP contribution in [0.4, 0.5) is 11.4 Å². The zero-order valence-corrected chi connectivity index (χ0v) is 14.4. The van der Waals surface area contributed by atoms with Crippen LogP contribution in [-0.4, -0.2) is 24.4 Å². The number of carbonyl (C=O) groups excluding carboxylic acids is 1. The largest absolute Gasteiger partial charge is 0.383 e. The van der Waals surface area contributed by atoms with E-state index in [0.717, 1.165) is 0 Å². The number of nitro benzene ring substituents is 1. The van der Waals surface area contributed by atoms with Crippen LogP contribution in [-0.2, 0) is 6.42 Å². The van der Waals surface area contributed by atoms with Crippen LogP contribution < -0.4 is 10.6 Å². The molecule has 26 heavy (non-hydrogen) atoms. The predicted octanol–water partition coefficient (Wildman–Crippen LogP) is 3.76. The minimum atomic E-state index is -0.478. The van der Waals surface area contributed by atoms with Gasteiger partial charge in [-0.2, -0.15) is 0 Å². The summed E-state index contributed by atoms with van der Waals surface area (Å²) >= 11 is 0. The van der Waals surface area contributed by atoms with Gasteiger partial charge in [-0.05, 0) is 34.9 Å². The molecule has 0 unspecified atom stereocenters. The molecule has 0 radical (unpaired) electrons. The molecule has 6 nitrogen and oxygen atoms in total. The highest BCUT2D eigenvalue weighted by atomic mass is 16.6. The van der Waals surface area contributed by atoms with Crippen LogP contribution in [0.2, 0.25) is 0 Å². The van der Waals surface area contributed by atoms with Crippen LogP contribution in [0.15, 0.2) is 60.7 Å². The molecule has 0 heterocycles. The number of hydrogen-bond acceptors (Lipinski definition) is 4. The fourth-order valence-electron chi connectivity index (χ4n) is 2.96. The van der Waals surface area contributed by atoms with E-state index in [9.17, 15) is 14.9 Å². The predicted molar refractivity (Wildman–Crippen MR) is 103 cm³/mol. The molecule has 0 aliphatic carbocycles. The minimum absolute atomic E-state index is 0.0557. The number of anilines is 1. The van der Waals surface area contributed by atoms with Gasteiger partial charge < -0.3 is 10.6 Å². The molecule has 132 valence electrons. The third kappa shape index (κ3) is 3.64. The second-order valence-electron chi connectivity index (χ2n) is 5.88. The van der Waals surface area contributed by atoms with Crippen LogP contribution in [0.25, 0.3) is 10.8 Å². The number of amides is 1. The number of nitrogens with zero attached hydrogens (tertiary/aromatic N) is 1. The molecule has 6 heteroatoms. The van der Waals surface area contributed by atoms with E-state index in [1.165, 1.54) is 34.5 Å². The zero-order chi connectivity index (χ0) is 18.5. The highest BCUT2D eigenvalue weighted by Crippen LogP contribution is 2.25. The monoisotopic (exact) mass is 349 g/mol. The molecule has 3 aromatic rings. The van der Waals surface area contributed by atoms with E-state index < -0.39 is 4.92 Å². The highest BCUT2D eigenvalue weighted by Gasteiger charge is 2.15. The van der Waals surface area contributed by atoms with Crippen molar-refractivity contribution in [1.82, 2.24) is 5.32 Å². The highest BCUT2D eigenvalue weighted by molar-refractivity contribution is 5.96. The first kappa shape index (κ1) is 17.4. The Morgan fingerprint density at radius 2 is 1.85 bits per heavy atom. The molecule has 0 saturated carbocycles. The Kier molecular flexibility index (Phi) is 5.12. The van der Waals surface area contributed by atoms with E-state index in [2.05, 4.69) is 34.9 Å². The van der Waals surface area contributed by atoms with Gasteiger partial charge in [-0.15, -0.1) is 0 Å². The second kappa shape index (κ2) is 7.65. The zero-order valence-electron chi connectivity index (χ0n) is 14.4. The lowest BCUT2D eigenvalue weighted by Gasteiger charge is -2.09. The van der Waals surface area contributed by atoms with Crippen LogP contribution in [0.3, 0.4) is 0 Å². The van der Waals surface area contributed by atoms with E-state index in [4.69, 9.17) is 0 Å². The van der Waals surface area contributed by atoms with Gasteiger partial charge in [-0.3, -0.25) is 14.9 Å². The average molecular weight is 349 g/mol. The second-order valence-corrected chi connectivity index (χ2v) is 5.88. The number of rotatable bonds is 6. The van der Waals surface area contributed by atoms with Gasteiger partial charge in [-0.1, -0.05) is 42.5 Å². The lowest BCUT2D eigenvalue weighted by molar-refractivity contribution is -0.383. The Morgan fingerprint density at radius 3 is 2.62 bits per heavy atom. The molecule has 0 spiro atoms. The number of benzene rings is 3. The maximum atomic E-state index is 12.3. The Labute approximate surface area is 151 Å². The maximum Gasteiger partial charge on any atom is 0.292 e. The molecule has 0 aliphatic rings. The quantitative estimate of drug-likeness (QED) is 0.524. The van der Waals surface area contributed by atoms with Crippen molar-refractivity contribution >= 4 is 28.1 Å². The number of hydrogen-bond donors (Lipinski definition) is 2. The van der Waals surface area contributed by atoms with E-state index in [-0.39, 0.29) is 11.6 Å². The number of nitrogens with one attached hydrogen (secondary N) is 2. The molecule has 0 atom stereocenters. The summed E-state index contributed by atoms with van der Waals surface area (Å²) < 4.78 is 0. The van der Waals surface area contributed by atoms with Gasteiger partial charge in [0.2, 0.25) is 0 Å². The minimum Gasteiger partial charge on any atom is -0.383 e. The number of nitro groups is 1. The number of fused-ring (bicyclic) bond motifs is 1. The summed E-state index contributed by atoms with van der Waals surface area (Å²) in [6, 6.07) is 18.6. The van der Waals surface area contributed by atoms with Crippen molar-refractivity contribution < 1.29 is 9.72 Å². The fraction of sp³-hybridized carbons (Fsp3) is 0.150. The van der Waals surface area contributed by atoms with Crippen LogP contribution in [0.5, 0.6) is 0 Å². The molecule has 0 fully saturated rings. The van der Waals surface area contributed by atoms with Gasteiger partial charge >= 0.3 is 0 Å². The van der Waals surface area contributed by atoms with Crippen LogP contribution >= 0.6 is 0 Å². The van der Waals surface area contributed by atoms with E-state index in [0.29, 0.717) is 24.2 Å². The van der Waals surface area contributed by atoms with Crippen molar-refractivity contribution in [3.05, 3.63) is 81.9 Å². The van der Waals surface area contributed by atoms with Crippen molar-refractivity contribution in [2.75, 3.05) is 18.9 Å². The summed E-state index contributed by atoms with van der Waals surface area (Å²) in [7, 11) is 1.59. The molecule has 0 aromatic heterocycles. The van der Waals surface area contributed by atoms with Crippen molar-refractivity contribution in [2.45, 2.75) is 6.42 Å². The SMILES string of the molecule is CNc1cc(C(=O)NCCc2cccc3ccccc23)ccc1[N+](=O)[O-]. The van der Waals surface area contributed by atoms with Gasteiger partial charge in [0, 0.05) is 25.2 Å². The molecule has 2 N–H and O–H groups in total. The van der Waals surface area contributed by atoms with Crippen molar-refractivity contribution in [1.29, 1.82) is 0 Å². The van der Waals surface area contributed by atoms with E-state index >= 15 is 0 Å². The summed E-state index contributed by atoms with van der Waals surface area (Å²) in [6.45, 7) is 0.485. The summed E-state index contributed by atoms with van der Waals surface area (Å²) in [5.41, 5.74) is 1.82. The number of carbonyl (C=O) groups is 1. The smallest absolute Gasteiger partial charge is 0.292 e. The lowest BCUT2D eigenvalue weighted by atomic mass is 10.0. The molecule has 3 aromatic carbocycles. The maximum absolute atomic E-state index is 12.3. The van der Waals surface area contributed by atoms with E-state index in [1.807, 2.05) is 18.2 Å². The normalized spacial score (nSPS) is 10.5. The Hall–Kier alpha value is -3.41. The van der Waals surface area contributed by atoms with Gasteiger partial charge in [0.1, 0.15) is 5.69 Å².